The molecule has 2 saturated heterocycles. The Kier molecular flexibility index (Phi) is 7.61. The molecule has 6 N–H and O–H groups in total. The summed E-state index contributed by atoms with van der Waals surface area (Å²) in [4.78, 5) is 40.7. The van der Waals surface area contributed by atoms with E-state index in [1.165, 1.54) is 32.2 Å². The van der Waals surface area contributed by atoms with Crippen molar-refractivity contribution in [1.29, 1.82) is 0 Å². The van der Waals surface area contributed by atoms with Gasteiger partial charge in [-0.05, 0) is 32.4 Å². The van der Waals surface area contributed by atoms with E-state index in [1.807, 2.05) is 0 Å². The number of fused-ring (bicyclic) bond motifs is 2. The number of benzene rings is 4. The number of aliphatic hydroxyl groups is 4. The molecule has 0 saturated carbocycles. The molecule has 2 aromatic carbocycles. The van der Waals surface area contributed by atoms with Crippen LogP contribution in [0.2, 0.25) is 0 Å². The number of anilines is 1. The number of aryl methyl sites for hydroxylation is 1. The summed E-state index contributed by atoms with van der Waals surface area (Å²) in [6, 6.07) is 7.61. The van der Waals surface area contributed by atoms with Gasteiger partial charge in [0.05, 0.1) is 34.2 Å². The zero-order chi connectivity index (χ0) is 33.6. The molecule has 1 aromatic heterocycles. The first-order chi connectivity index (χ1) is 22.3. The minimum atomic E-state index is -1.62. The topological polar surface area (TPSA) is 217 Å². The Morgan fingerprint density at radius 1 is 0.745 bits per heavy atom. The van der Waals surface area contributed by atoms with Crippen molar-refractivity contribution in [3.63, 3.8) is 0 Å². The fourth-order valence-electron chi connectivity index (χ4n) is 6.87. The second-order valence-corrected chi connectivity index (χ2v) is 12.2. The Morgan fingerprint density at radius 3 is 2.15 bits per heavy atom. The number of rotatable bonds is 5. The van der Waals surface area contributed by atoms with E-state index in [1.54, 1.807) is 26.0 Å². The Morgan fingerprint density at radius 2 is 1.43 bits per heavy atom. The number of ether oxygens (including phenoxy) is 5. The Bertz CT molecular complexity index is 2130. The highest BCUT2D eigenvalue weighted by atomic mass is 16.8. The Labute approximate surface area is 265 Å². The van der Waals surface area contributed by atoms with Crippen LogP contribution in [0.15, 0.2) is 49.1 Å². The molecule has 2 fully saturated rings. The van der Waals surface area contributed by atoms with Crippen molar-refractivity contribution in [2.45, 2.75) is 82.2 Å². The van der Waals surface area contributed by atoms with Crippen LogP contribution in [0.1, 0.15) is 19.4 Å². The van der Waals surface area contributed by atoms with Gasteiger partial charge in [0.2, 0.25) is 11.7 Å². The maximum Gasteiger partial charge on any atom is 0.344 e. The summed E-state index contributed by atoms with van der Waals surface area (Å²) < 4.78 is 35.0. The summed E-state index contributed by atoms with van der Waals surface area (Å²) in [5.74, 6) is -0.0172. The molecular formula is C33H33NO13. The monoisotopic (exact) mass is 651 g/mol. The number of hydrogen-bond acceptors (Lipinski definition) is 14. The maximum absolute atomic E-state index is 14.0. The molecule has 0 amide bonds. The molecule has 248 valence electrons. The third-order valence-electron chi connectivity index (χ3n) is 9.40. The van der Waals surface area contributed by atoms with Crippen molar-refractivity contribution in [1.82, 2.24) is 0 Å². The van der Waals surface area contributed by atoms with Gasteiger partial charge >= 0.3 is 5.63 Å². The Hall–Kier alpha value is -3.99. The van der Waals surface area contributed by atoms with Crippen LogP contribution in [-0.2, 0) is 18.9 Å². The summed E-state index contributed by atoms with van der Waals surface area (Å²) in [5.41, 5.74) is 4.63. The van der Waals surface area contributed by atoms with E-state index in [9.17, 15) is 34.8 Å². The highest BCUT2D eigenvalue weighted by Gasteiger charge is 2.50. The minimum Gasteiger partial charge on any atom is -0.461 e. The van der Waals surface area contributed by atoms with Gasteiger partial charge in [0.25, 0.3) is 0 Å². The van der Waals surface area contributed by atoms with Gasteiger partial charge in [-0.1, -0.05) is 24.3 Å². The molecule has 0 spiro atoms. The lowest BCUT2D eigenvalue weighted by atomic mass is 9.87. The predicted octanol–water partition coefficient (Wildman–Crippen LogP) is 0.403. The fourth-order valence-corrected chi connectivity index (χ4v) is 6.87. The number of methoxy groups -OCH3 is 1. The van der Waals surface area contributed by atoms with Crippen molar-refractivity contribution in [2.75, 3.05) is 12.8 Å². The van der Waals surface area contributed by atoms with E-state index >= 15 is 0 Å². The first kappa shape index (κ1) is 31.6. The van der Waals surface area contributed by atoms with Crippen LogP contribution < -0.4 is 27.0 Å². The van der Waals surface area contributed by atoms with Crippen LogP contribution in [0.25, 0.3) is 43.6 Å². The summed E-state index contributed by atoms with van der Waals surface area (Å²) in [6.45, 7) is 4.74. The first-order valence-electron chi connectivity index (χ1n) is 15.1. The molecule has 2 aliphatic heterocycles. The fraction of sp³-hybridized carbons (Fsp3) is 0.424. The van der Waals surface area contributed by atoms with Gasteiger partial charge in [-0.3, -0.25) is 9.59 Å². The number of hydrogen-bond donors (Lipinski definition) is 5. The van der Waals surface area contributed by atoms with E-state index in [-0.39, 0.29) is 55.1 Å². The second-order valence-electron chi connectivity index (χ2n) is 12.2. The minimum absolute atomic E-state index is 0.0172. The predicted molar refractivity (Wildman–Crippen MR) is 167 cm³/mol. The van der Waals surface area contributed by atoms with Crippen LogP contribution in [0.5, 0.6) is 5.75 Å². The summed E-state index contributed by atoms with van der Waals surface area (Å²) >= 11 is 0. The zero-order valence-corrected chi connectivity index (χ0v) is 25.7. The van der Waals surface area contributed by atoms with Crippen LogP contribution in [0, 0.1) is 6.92 Å². The average Bonchev–Trinajstić information content (AvgIpc) is 3.04. The second kappa shape index (κ2) is 11.3. The van der Waals surface area contributed by atoms with Gasteiger partial charge in [0.15, 0.2) is 23.4 Å². The SMILES string of the molecule is CO[C@H]1[C@@H](O)[C@@H](C)O[C@H](O[C@H]2[C@H](Oc3cccc4c(=O)c5c(N)c(=O)c6ccc(C)c7c(=O)oc(c-5c67)c34)O[C@H](C)[C@H](O)[C@@H]2O)[C@@H]1O. The van der Waals surface area contributed by atoms with Crippen LogP contribution in [0.4, 0.5) is 5.69 Å². The summed E-state index contributed by atoms with van der Waals surface area (Å²) in [7, 11) is 1.30. The molecule has 0 unspecified atom stereocenters. The Balaban J connectivity index is 1.40. The normalized spacial score (nSPS) is 31.7. The van der Waals surface area contributed by atoms with E-state index in [0.717, 1.165) is 0 Å². The van der Waals surface area contributed by atoms with E-state index in [2.05, 4.69) is 0 Å². The molecule has 10 atom stereocenters. The first-order valence-corrected chi connectivity index (χ1v) is 15.1. The van der Waals surface area contributed by atoms with Crippen LogP contribution >= 0.6 is 0 Å². The van der Waals surface area contributed by atoms with Gasteiger partial charge in [-0.2, -0.15) is 0 Å². The van der Waals surface area contributed by atoms with Gasteiger partial charge in [0.1, 0.15) is 36.3 Å². The lowest BCUT2D eigenvalue weighted by molar-refractivity contribution is -0.353. The lowest BCUT2D eigenvalue weighted by Gasteiger charge is -2.46. The van der Waals surface area contributed by atoms with Crippen molar-refractivity contribution >= 4 is 38.2 Å². The molecule has 14 nitrogen and oxygen atoms in total. The van der Waals surface area contributed by atoms with Gasteiger partial charge in [-0.15, -0.1) is 0 Å². The van der Waals surface area contributed by atoms with E-state index < -0.39 is 77.9 Å². The quantitative estimate of drug-likeness (QED) is 0.0753. The number of aliphatic hydroxyl groups excluding tert-OH is 4. The van der Waals surface area contributed by atoms with Crippen molar-refractivity contribution in [3.8, 4) is 16.9 Å². The van der Waals surface area contributed by atoms with Crippen molar-refractivity contribution in [3.05, 3.63) is 66.8 Å². The van der Waals surface area contributed by atoms with Crippen LogP contribution in [0.3, 0.4) is 0 Å². The molecule has 4 aliphatic rings. The maximum atomic E-state index is 14.0. The largest absolute Gasteiger partial charge is 0.461 e. The molecule has 7 rings (SSSR count). The van der Waals surface area contributed by atoms with Crippen LogP contribution in [-0.4, -0.2) is 88.9 Å². The molecule has 0 bridgehead atoms. The van der Waals surface area contributed by atoms with E-state index in [0.29, 0.717) is 5.56 Å². The molecule has 14 heteroatoms. The number of nitrogen functional groups attached to an aromatic ring is 1. The third-order valence-corrected chi connectivity index (χ3v) is 9.40. The zero-order valence-electron chi connectivity index (χ0n) is 25.7. The van der Waals surface area contributed by atoms with Crippen molar-refractivity contribution in [2.24, 2.45) is 0 Å². The van der Waals surface area contributed by atoms with Gasteiger partial charge in [-0.25, -0.2) is 4.79 Å². The molecule has 47 heavy (non-hydrogen) atoms. The van der Waals surface area contributed by atoms with Gasteiger partial charge < -0.3 is 54.3 Å². The van der Waals surface area contributed by atoms with E-state index in [4.69, 9.17) is 33.8 Å². The highest BCUT2D eigenvalue weighted by molar-refractivity contribution is 6.22. The molecule has 3 aromatic rings. The molecular weight excluding hydrogens is 618 g/mol. The molecule has 3 heterocycles. The summed E-state index contributed by atoms with van der Waals surface area (Å²) in [5, 5.41) is 43.7. The third kappa shape index (κ3) is 4.59. The number of nitrogens with two attached hydrogens (primary N) is 1. The standard InChI is InChI=1S/C33H33NO13/c1-10-8-9-14-18-16(10)31(41)46-28-17-13(24(37)20(19(18)28)21(34)25(14)38)6-5-7-15(17)45-33-30(26(39)22(35)11(2)44-33)47-32-27(40)29(42-4)23(36)12(3)43-32/h5-9,11-12,22-23,26-27,29-30,32-33,35-36,39-40H,34H2,1-4H3/t11-,12-,22+,23+,26+,27-,29+,30-,32-,33+/m1/s1. The average molecular weight is 652 g/mol. The van der Waals surface area contributed by atoms with Crippen molar-refractivity contribution < 1.29 is 48.5 Å². The highest BCUT2D eigenvalue weighted by Crippen LogP contribution is 2.44. The smallest absolute Gasteiger partial charge is 0.344 e. The molecule has 2 aliphatic carbocycles. The molecule has 0 radical (unpaired) electrons. The summed E-state index contributed by atoms with van der Waals surface area (Å²) in [6.07, 6.45) is -13.1. The van der Waals surface area contributed by atoms with Gasteiger partial charge in [0, 0.05) is 28.8 Å². The lowest BCUT2D eigenvalue weighted by Crippen LogP contribution is -2.64.